The second-order valence-electron chi connectivity index (χ2n) is 13.1. The Bertz CT molecular complexity index is 3040. The van der Waals surface area contributed by atoms with Gasteiger partial charge in [0.25, 0.3) is 0 Å². The van der Waals surface area contributed by atoms with Crippen molar-refractivity contribution in [3.8, 4) is 45.4 Å². The SMILES string of the molecule is Cn1[c-][n+](-c2cccc(Oc3ccc4c5ccccc5n(-c5nc6ccc7cccc(c7-6)c6cccc7ccc5-c76)c4c3)c2)c2ccccc21. The maximum Gasteiger partial charge on any atom is 0.244 e. The number of aryl methyl sites for hydroxylation is 1. The van der Waals surface area contributed by atoms with E-state index in [2.05, 4.69) is 155 Å². The number of ether oxygens (including phenoxy) is 1. The molecule has 0 saturated carbocycles. The molecule has 3 aliphatic rings. The molecule has 0 bridgehead atoms. The Morgan fingerprint density at radius 1 is 0.560 bits per heavy atom. The van der Waals surface area contributed by atoms with Crippen LogP contribution in [-0.2, 0) is 7.05 Å². The van der Waals surface area contributed by atoms with Crippen molar-refractivity contribution in [2.45, 2.75) is 0 Å². The summed E-state index contributed by atoms with van der Waals surface area (Å²) in [5, 5.41) is 7.20. The van der Waals surface area contributed by atoms with Gasteiger partial charge in [-0.2, -0.15) is 0 Å². The number of benzene rings is 6. The molecule has 5 heteroatoms. The molecule has 0 saturated heterocycles. The minimum atomic E-state index is 0.754. The fourth-order valence-electron chi connectivity index (χ4n) is 8.04. The number of fused-ring (bicyclic) bond motifs is 5. The first-order valence-electron chi connectivity index (χ1n) is 16.9. The van der Waals surface area contributed by atoms with Crippen LogP contribution in [0.15, 0.2) is 152 Å². The van der Waals surface area contributed by atoms with Gasteiger partial charge >= 0.3 is 0 Å². The minimum absolute atomic E-state index is 0.754. The molecule has 50 heavy (non-hydrogen) atoms. The van der Waals surface area contributed by atoms with Crippen LogP contribution in [0.5, 0.6) is 11.5 Å². The Kier molecular flexibility index (Phi) is 5.53. The molecule has 5 nitrogen and oxygen atoms in total. The number of rotatable bonds is 4. The van der Waals surface area contributed by atoms with Gasteiger partial charge in [-0.1, -0.05) is 103 Å². The van der Waals surface area contributed by atoms with Crippen molar-refractivity contribution in [2.75, 3.05) is 0 Å². The van der Waals surface area contributed by atoms with Crippen molar-refractivity contribution in [1.29, 1.82) is 0 Å². The van der Waals surface area contributed by atoms with Gasteiger partial charge in [-0.15, -0.1) is 0 Å². The fourth-order valence-corrected chi connectivity index (χ4v) is 8.04. The number of aromatic nitrogens is 4. The van der Waals surface area contributed by atoms with Gasteiger partial charge in [-0.25, -0.2) is 4.98 Å². The largest absolute Gasteiger partial charge is 0.458 e. The third-order valence-electron chi connectivity index (χ3n) is 10.2. The van der Waals surface area contributed by atoms with Crippen molar-refractivity contribution < 1.29 is 9.30 Å². The normalized spacial score (nSPS) is 12.1. The highest BCUT2D eigenvalue weighted by Gasteiger charge is 2.23. The molecule has 0 atom stereocenters. The van der Waals surface area contributed by atoms with Crippen molar-refractivity contribution in [3.63, 3.8) is 0 Å². The van der Waals surface area contributed by atoms with Crippen LogP contribution < -0.4 is 9.30 Å². The van der Waals surface area contributed by atoms with E-state index in [1.165, 1.54) is 38.1 Å². The molecule has 234 valence electrons. The third kappa shape index (κ3) is 3.83. The molecule has 11 rings (SSSR count). The molecule has 0 spiro atoms. The topological polar surface area (TPSA) is 35.9 Å². The summed E-state index contributed by atoms with van der Waals surface area (Å²) in [4.78, 5) is 5.53. The van der Waals surface area contributed by atoms with Gasteiger partial charge in [-0.3, -0.25) is 4.57 Å². The smallest absolute Gasteiger partial charge is 0.244 e. The Balaban J connectivity index is 1.12. The monoisotopic (exact) mass is 640 g/mol. The van der Waals surface area contributed by atoms with Crippen molar-refractivity contribution in [3.05, 3.63) is 158 Å². The third-order valence-corrected chi connectivity index (χ3v) is 10.2. The molecule has 3 heterocycles. The van der Waals surface area contributed by atoms with Gasteiger partial charge in [0.2, 0.25) is 6.33 Å². The van der Waals surface area contributed by atoms with Crippen molar-refractivity contribution in [1.82, 2.24) is 14.1 Å². The molecule has 0 N–H and O–H groups in total. The molecular weight excluding hydrogens is 613 g/mol. The lowest BCUT2D eigenvalue weighted by molar-refractivity contribution is -0.572. The fraction of sp³-hybridized carbons (Fsp3) is 0.0222. The second-order valence-corrected chi connectivity index (χ2v) is 13.1. The Morgan fingerprint density at radius 3 is 2.16 bits per heavy atom. The first-order chi connectivity index (χ1) is 24.7. The summed E-state index contributed by atoms with van der Waals surface area (Å²) in [7, 11) is 2.02. The Hall–Kier alpha value is -6.72. The predicted molar refractivity (Wildman–Crippen MR) is 201 cm³/mol. The molecule has 0 fully saturated rings. The van der Waals surface area contributed by atoms with Crippen LogP contribution in [0.4, 0.5) is 0 Å². The average Bonchev–Trinajstić information content (AvgIpc) is 3.92. The number of imidazole rings is 1. The van der Waals surface area contributed by atoms with Crippen LogP contribution in [0.2, 0.25) is 0 Å². The van der Waals surface area contributed by atoms with Gasteiger partial charge in [0.1, 0.15) is 17.3 Å². The molecule has 2 aromatic heterocycles. The van der Waals surface area contributed by atoms with Gasteiger partial charge in [0.05, 0.1) is 40.5 Å². The van der Waals surface area contributed by atoms with Gasteiger partial charge in [0.15, 0.2) is 0 Å². The van der Waals surface area contributed by atoms with E-state index in [0.29, 0.717) is 0 Å². The number of hydrogen-bond donors (Lipinski definition) is 0. The van der Waals surface area contributed by atoms with Gasteiger partial charge < -0.3 is 13.9 Å². The lowest BCUT2D eigenvalue weighted by atomic mass is 9.96. The lowest BCUT2D eigenvalue weighted by Crippen LogP contribution is -2.29. The van der Waals surface area contributed by atoms with E-state index in [1.807, 2.05) is 23.7 Å². The summed E-state index contributed by atoms with van der Waals surface area (Å²) < 4.78 is 13.1. The van der Waals surface area contributed by atoms with E-state index in [4.69, 9.17) is 9.72 Å². The highest BCUT2D eigenvalue weighted by atomic mass is 16.5. The van der Waals surface area contributed by atoms with Crippen LogP contribution in [0.1, 0.15) is 0 Å². The maximum atomic E-state index is 6.64. The first kappa shape index (κ1) is 27.3. The summed E-state index contributed by atoms with van der Waals surface area (Å²) in [6.07, 6.45) is 3.44. The summed E-state index contributed by atoms with van der Waals surface area (Å²) in [6, 6.07) is 53.5. The van der Waals surface area contributed by atoms with E-state index < -0.39 is 0 Å². The Labute approximate surface area is 287 Å². The highest BCUT2D eigenvalue weighted by Crippen LogP contribution is 2.45. The van der Waals surface area contributed by atoms with Crippen molar-refractivity contribution >= 4 is 54.4 Å². The standard InChI is InChI=1S/C45H28N4O/c1-47-27-48(41-18-5-4-17-40(41)47)30-11-8-12-31(25-30)50-32-21-23-34-33-13-2-3-16-39(33)49(42(34)26-32)45-37-22-19-28-9-6-14-35(43(28)37)36-15-7-10-29-20-24-38(46-45)44(29)36/h2-26H,1H3. The molecule has 8 aromatic rings. The first-order valence-corrected chi connectivity index (χ1v) is 16.9. The molecule has 1 aliphatic heterocycles. The van der Waals surface area contributed by atoms with Crippen LogP contribution in [-0.4, -0.2) is 14.1 Å². The average molecular weight is 641 g/mol. The highest BCUT2D eigenvalue weighted by molar-refractivity contribution is 6.16. The second kappa shape index (κ2) is 10.1. The summed E-state index contributed by atoms with van der Waals surface area (Å²) in [5.41, 5.74) is 9.84. The zero-order valence-electron chi connectivity index (χ0n) is 27.1. The van der Waals surface area contributed by atoms with Crippen LogP contribution in [0.25, 0.3) is 88.3 Å². The lowest BCUT2D eigenvalue weighted by Gasteiger charge is -2.16. The van der Waals surface area contributed by atoms with Crippen LogP contribution >= 0.6 is 0 Å². The number of nitrogens with zero attached hydrogens (tertiary/aromatic N) is 4. The van der Waals surface area contributed by atoms with Gasteiger partial charge in [-0.05, 0) is 64.0 Å². The van der Waals surface area contributed by atoms with E-state index in [1.54, 1.807) is 0 Å². The maximum absolute atomic E-state index is 6.64. The van der Waals surface area contributed by atoms with Crippen LogP contribution in [0.3, 0.4) is 0 Å². The zero-order valence-corrected chi connectivity index (χ0v) is 27.1. The van der Waals surface area contributed by atoms with Gasteiger partial charge in [0, 0.05) is 33.5 Å². The summed E-state index contributed by atoms with van der Waals surface area (Å²) in [6.45, 7) is 0. The molecule has 0 unspecified atom stereocenters. The minimum Gasteiger partial charge on any atom is -0.458 e. The van der Waals surface area contributed by atoms with Crippen LogP contribution in [0, 0.1) is 6.33 Å². The molecule has 2 aliphatic carbocycles. The molecule has 0 radical (unpaired) electrons. The van der Waals surface area contributed by atoms with E-state index in [9.17, 15) is 0 Å². The van der Waals surface area contributed by atoms with E-state index >= 15 is 0 Å². The Morgan fingerprint density at radius 2 is 1.26 bits per heavy atom. The zero-order chi connectivity index (χ0) is 32.9. The quantitative estimate of drug-likeness (QED) is 0.142. The summed E-state index contributed by atoms with van der Waals surface area (Å²) in [5.74, 6) is 2.41. The molecular formula is C45H28N4O. The van der Waals surface area contributed by atoms with E-state index in [0.717, 1.165) is 61.7 Å². The number of hydrogen-bond acceptors (Lipinski definition) is 2. The molecule has 6 aromatic carbocycles. The van der Waals surface area contributed by atoms with E-state index in [-0.39, 0.29) is 0 Å². The number of para-hydroxylation sites is 3. The summed E-state index contributed by atoms with van der Waals surface area (Å²) >= 11 is 0. The van der Waals surface area contributed by atoms with Crippen molar-refractivity contribution in [2.24, 2.45) is 7.05 Å². The predicted octanol–water partition coefficient (Wildman–Crippen LogP) is 10.5. The molecule has 0 amide bonds.